The Hall–Kier alpha value is 0.0669. The molecule has 0 amide bonds. The van der Waals surface area contributed by atoms with Crippen LogP contribution in [-0.2, 0) is 15.2 Å². The van der Waals surface area contributed by atoms with Gasteiger partial charge in [-0.1, -0.05) is 26.8 Å². The summed E-state index contributed by atoms with van der Waals surface area (Å²) in [7, 11) is -2.59. The molecule has 1 unspecified atom stereocenters. The summed E-state index contributed by atoms with van der Waals surface area (Å²) in [5.74, 6) is 0. The van der Waals surface area contributed by atoms with Gasteiger partial charge in [-0.05, 0) is 49.2 Å². The molecule has 1 saturated carbocycles. The summed E-state index contributed by atoms with van der Waals surface area (Å²) < 4.78 is 18.8. The van der Waals surface area contributed by atoms with Crippen LogP contribution in [0.4, 0.5) is 0 Å². The molecule has 0 N–H and O–H groups in total. The molecule has 104 valence electrons. The largest absolute Gasteiger partial charge is 0.412 e. The monoisotopic (exact) mass is 286 g/mol. The van der Waals surface area contributed by atoms with Crippen LogP contribution in [0.15, 0.2) is 11.5 Å². The summed E-state index contributed by atoms with van der Waals surface area (Å²) in [5.41, 5.74) is 0. The maximum absolute atomic E-state index is 12.3. The second-order valence-electron chi connectivity index (χ2n) is 7.20. The third-order valence-electron chi connectivity index (χ3n) is 4.98. The molecule has 2 nitrogen and oxygen atoms in total. The Kier molecular flexibility index (Phi) is 3.67. The molecule has 2 rings (SSSR count). The van der Waals surface area contributed by atoms with Crippen molar-refractivity contribution in [1.29, 1.82) is 0 Å². The molecule has 1 spiro atoms. The minimum atomic E-state index is -1.76. The van der Waals surface area contributed by atoms with Crippen molar-refractivity contribution in [3.8, 4) is 0 Å². The fourth-order valence-electron chi connectivity index (χ4n) is 2.73. The molecule has 0 aromatic rings. The lowest BCUT2D eigenvalue weighted by Crippen LogP contribution is -2.50. The third kappa shape index (κ3) is 2.27. The van der Waals surface area contributed by atoms with Crippen molar-refractivity contribution in [3.63, 3.8) is 0 Å². The van der Waals surface area contributed by atoms with E-state index >= 15 is 0 Å². The molecule has 1 aliphatic carbocycles. The number of hydrogen-bond acceptors (Lipinski definition) is 2. The maximum atomic E-state index is 12.3. The van der Waals surface area contributed by atoms with Crippen LogP contribution in [-0.4, -0.2) is 23.4 Å². The lowest BCUT2D eigenvalue weighted by atomic mass is 10.0. The van der Waals surface area contributed by atoms with Gasteiger partial charge in [-0.2, -0.15) is 0 Å². The zero-order valence-corrected chi connectivity index (χ0v) is 14.1. The molecule has 1 fully saturated rings. The van der Waals surface area contributed by atoms with Gasteiger partial charge in [0.1, 0.15) is 0 Å². The molecule has 0 bridgehead atoms. The fraction of sp³-hybridized carbons (Fsp3) is 0.857. The molecule has 4 heteroatoms. The Morgan fingerprint density at radius 3 is 2.56 bits per heavy atom. The van der Waals surface area contributed by atoms with Crippen molar-refractivity contribution in [2.45, 2.75) is 75.4 Å². The van der Waals surface area contributed by atoms with Crippen molar-refractivity contribution in [1.82, 2.24) is 0 Å². The van der Waals surface area contributed by atoms with Gasteiger partial charge in [-0.3, -0.25) is 4.21 Å². The van der Waals surface area contributed by atoms with E-state index in [9.17, 15) is 4.21 Å². The molecular weight excluding hydrogens is 260 g/mol. The summed E-state index contributed by atoms with van der Waals surface area (Å²) in [5, 5.41) is 2.11. The first-order valence-corrected chi connectivity index (χ1v) is 11.1. The van der Waals surface area contributed by atoms with Crippen molar-refractivity contribution in [2.24, 2.45) is 0 Å². The second-order valence-corrected chi connectivity index (χ2v) is 13.6. The SMILES string of the molecule is CC(C)(C)[Si](C)(C)O[C@@H]1CCC[C@]12CC=CS2=O. The fourth-order valence-corrected chi connectivity index (χ4v) is 5.79. The van der Waals surface area contributed by atoms with Crippen molar-refractivity contribution < 1.29 is 8.63 Å². The highest BCUT2D eigenvalue weighted by Crippen LogP contribution is 2.47. The minimum absolute atomic E-state index is 0.0878. The van der Waals surface area contributed by atoms with E-state index in [-0.39, 0.29) is 15.9 Å². The summed E-state index contributed by atoms with van der Waals surface area (Å²) in [6.45, 7) is 11.4. The lowest BCUT2D eigenvalue weighted by molar-refractivity contribution is 0.157. The number of hydrogen-bond donors (Lipinski definition) is 0. The van der Waals surface area contributed by atoms with E-state index in [0.717, 1.165) is 25.7 Å². The minimum Gasteiger partial charge on any atom is -0.412 e. The van der Waals surface area contributed by atoms with Gasteiger partial charge in [0.25, 0.3) is 0 Å². The van der Waals surface area contributed by atoms with E-state index in [0.29, 0.717) is 0 Å². The molecule has 3 atom stereocenters. The van der Waals surface area contributed by atoms with Gasteiger partial charge in [0.15, 0.2) is 8.32 Å². The topological polar surface area (TPSA) is 26.3 Å². The first-order chi connectivity index (χ1) is 8.19. The van der Waals surface area contributed by atoms with Crippen molar-refractivity contribution in [3.05, 3.63) is 11.5 Å². The van der Waals surface area contributed by atoms with E-state index in [1.165, 1.54) is 0 Å². The second kappa shape index (κ2) is 4.56. The Bertz CT molecular complexity index is 384. The van der Waals surface area contributed by atoms with Gasteiger partial charge in [0, 0.05) is 0 Å². The van der Waals surface area contributed by atoms with E-state index in [1.54, 1.807) is 0 Å². The molecular formula is C14H26O2SSi. The average molecular weight is 287 g/mol. The summed E-state index contributed by atoms with van der Waals surface area (Å²) in [6.07, 6.45) is 6.54. The van der Waals surface area contributed by atoms with E-state index in [4.69, 9.17) is 4.43 Å². The molecule has 0 saturated heterocycles. The lowest BCUT2D eigenvalue weighted by Gasteiger charge is -2.42. The zero-order valence-electron chi connectivity index (χ0n) is 12.3. The molecule has 0 aromatic heterocycles. The van der Waals surface area contributed by atoms with Crippen LogP contribution in [0, 0.1) is 0 Å². The zero-order chi connectivity index (χ0) is 13.6. The van der Waals surface area contributed by atoms with Crippen LogP contribution in [0.3, 0.4) is 0 Å². The van der Waals surface area contributed by atoms with Crippen LogP contribution < -0.4 is 0 Å². The molecule has 0 radical (unpaired) electrons. The highest BCUT2D eigenvalue weighted by Gasteiger charge is 2.52. The maximum Gasteiger partial charge on any atom is 0.192 e. The van der Waals surface area contributed by atoms with E-state index in [2.05, 4.69) is 39.9 Å². The smallest absolute Gasteiger partial charge is 0.192 e. The van der Waals surface area contributed by atoms with Gasteiger partial charge in [-0.15, -0.1) is 0 Å². The molecule has 2 aliphatic rings. The van der Waals surface area contributed by atoms with Crippen LogP contribution >= 0.6 is 0 Å². The van der Waals surface area contributed by atoms with Crippen LogP contribution in [0.5, 0.6) is 0 Å². The quantitative estimate of drug-likeness (QED) is 0.718. The molecule has 1 aliphatic heterocycles. The standard InChI is InChI=1S/C14H26O2SSi/c1-13(2,3)18(4,5)16-12-8-6-9-14(12)10-7-11-17(14)15/h7,11-12H,6,8-10H2,1-5H3/t12-,14+,17?/m1/s1. The predicted molar refractivity (Wildman–Crippen MR) is 80.6 cm³/mol. The van der Waals surface area contributed by atoms with Gasteiger partial charge in [0.05, 0.1) is 21.7 Å². The third-order valence-corrected chi connectivity index (χ3v) is 11.3. The normalized spacial score (nSPS) is 36.7. The Morgan fingerprint density at radius 2 is 2.06 bits per heavy atom. The molecule has 0 aromatic carbocycles. The average Bonchev–Trinajstić information content (AvgIpc) is 2.76. The van der Waals surface area contributed by atoms with Crippen molar-refractivity contribution >= 4 is 19.1 Å². The highest BCUT2D eigenvalue weighted by molar-refractivity contribution is 7.89. The van der Waals surface area contributed by atoms with Gasteiger partial charge >= 0.3 is 0 Å². The van der Waals surface area contributed by atoms with Crippen molar-refractivity contribution in [2.75, 3.05) is 0 Å². The predicted octanol–water partition coefficient (Wildman–Crippen LogP) is 3.97. The highest BCUT2D eigenvalue weighted by atomic mass is 32.2. The van der Waals surface area contributed by atoms with Crippen LogP contribution in [0.1, 0.15) is 46.5 Å². The molecule has 18 heavy (non-hydrogen) atoms. The first kappa shape index (κ1) is 14.5. The Labute approximate surface area is 115 Å². The Morgan fingerprint density at radius 1 is 1.39 bits per heavy atom. The van der Waals surface area contributed by atoms with E-state index in [1.807, 2.05) is 5.41 Å². The van der Waals surface area contributed by atoms with Gasteiger partial charge < -0.3 is 4.43 Å². The van der Waals surface area contributed by atoms with Gasteiger partial charge in [-0.25, -0.2) is 0 Å². The van der Waals surface area contributed by atoms with Gasteiger partial charge in [0.2, 0.25) is 0 Å². The summed E-state index contributed by atoms with van der Waals surface area (Å²) in [6, 6.07) is 0. The number of rotatable bonds is 2. The van der Waals surface area contributed by atoms with Crippen LogP contribution in [0.25, 0.3) is 0 Å². The summed E-state index contributed by atoms with van der Waals surface area (Å²) in [4.78, 5) is 0. The summed E-state index contributed by atoms with van der Waals surface area (Å²) >= 11 is 0. The Balaban J connectivity index is 2.17. The number of allylic oxidation sites excluding steroid dienone is 1. The molecule has 1 heterocycles. The van der Waals surface area contributed by atoms with Crippen LogP contribution in [0.2, 0.25) is 18.1 Å². The first-order valence-electron chi connectivity index (χ1n) is 6.94. The van der Waals surface area contributed by atoms with E-state index < -0.39 is 19.1 Å².